The van der Waals surface area contributed by atoms with Crippen molar-refractivity contribution in [3.8, 4) is 0 Å². The minimum absolute atomic E-state index is 0.590. The van der Waals surface area contributed by atoms with Gasteiger partial charge in [0.25, 0.3) is 0 Å². The molecule has 29 heavy (non-hydrogen) atoms. The molecule has 0 spiro atoms. The van der Waals surface area contributed by atoms with Gasteiger partial charge >= 0.3 is 0 Å². The van der Waals surface area contributed by atoms with Gasteiger partial charge in [0.15, 0.2) is 9.87 Å². The molecule has 140 valence electrons. The van der Waals surface area contributed by atoms with Gasteiger partial charge in [0, 0.05) is 20.9 Å². The van der Waals surface area contributed by atoms with E-state index in [9.17, 15) is 0 Å². The number of thioether (sulfide) groups is 2. The van der Waals surface area contributed by atoms with E-state index < -0.39 is 9.87 Å². The summed E-state index contributed by atoms with van der Waals surface area (Å²) in [6.07, 6.45) is 0. The largest absolute Gasteiger partial charge is 0.329 e. The highest BCUT2D eigenvalue weighted by Crippen LogP contribution is 2.68. The summed E-state index contributed by atoms with van der Waals surface area (Å²) in [5, 5.41) is 0. The van der Waals surface area contributed by atoms with Crippen LogP contribution in [-0.4, -0.2) is 0 Å². The summed E-state index contributed by atoms with van der Waals surface area (Å²) < 4.78 is 7.25. The van der Waals surface area contributed by atoms with E-state index in [2.05, 4.69) is 109 Å². The molecule has 0 unspecified atom stereocenters. The van der Waals surface area contributed by atoms with Crippen LogP contribution in [0.1, 0.15) is 22.3 Å². The molecule has 0 N–H and O–H groups in total. The van der Waals surface area contributed by atoms with Gasteiger partial charge < -0.3 is 4.74 Å². The molecule has 0 aliphatic carbocycles. The normalized spacial score (nSPS) is 24.4. The highest BCUT2D eigenvalue weighted by Gasteiger charge is 2.57. The zero-order chi connectivity index (χ0) is 19.3. The molecule has 2 heterocycles. The zero-order valence-electron chi connectivity index (χ0n) is 15.6. The highest BCUT2D eigenvalue weighted by atomic mass is 32.2. The quantitative estimate of drug-likeness (QED) is 0.351. The number of hydrogen-bond acceptors (Lipinski definition) is 3. The Kier molecular flexibility index (Phi) is 3.92. The Morgan fingerprint density at radius 1 is 0.448 bits per heavy atom. The first-order valence-electron chi connectivity index (χ1n) is 9.70. The molecule has 6 rings (SSSR count). The fourth-order valence-electron chi connectivity index (χ4n) is 4.29. The van der Waals surface area contributed by atoms with E-state index >= 15 is 0 Å². The molecule has 4 aromatic rings. The van der Waals surface area contributed by atoms with Gasteiger partial charge in [-0.1, -0.05) is 121 Å². The second-order valence-corrected chi connectivity index (χ2v) is 9.70. The van der Waals surface area contributed by atoms with Crippen LogP contribution in [-0.2, 0) is 14.6 Å². The van der Waals surface area contributed by atoms with Crippen molar-refractivity contribution < 1.29 is 4.74 Å². The maximum absolute atomic E-state index is 7.25. The Labute approximate surface area is 179 Å². The highest BCUT2D eigenvalue weighted by molar-refractivity contribution is 8.02. The van der Waals surface area contributed by atoms with Crippen molar-refractivity contribution in [2.45, 2.75) is 19.7 Å². The summed E-state index contributed by atoms with van der Waals surface area (Å²) in [5.41, 5.74) is 4.80. The second kappa shape index (κ2) is 6.53. The molecule has 0 radical (unpaired) electrons. The number of benzene rings is 4. The Hall–Kier alpha value is -2.46. The lowest BCUT2D eigenvalue weighted by Crippen LogP contribution is -2.45. The predicted octanol–water partition coefficient (Wildman–Crippen LogP) is 7.02. The monoisotopic (exact) mass is 410 g/mol. The van der Waals surface area contributed by atoms with E-state index in [4.69, 9.17) is 4.74 Å². The van der Waals surface area contributed by atoms with Crippen molar-refractivity contribution in [2.75, 3.05) is 0 Å². The minimum Gasteiger partial charge on any atom is -0.329 e. The Bertz CT molecular complexity index is 1100. The Balaban J connectivity index is 1.72. The van der Waals surface area contributed by atoms with E-state index in [1.807, 2.05) is 23.5 Å². The molecule has 2 atom stereocenters. The maximum Gasteiger partial charge on any atom is 0.173 e. The van der Waals surface area contributed by atoms with E-state index in [1.54, 1.807) is 0 Å². The van der Waals surface area contributed by atoms with Crippen LogP contribution in [0.3, 0.4) is 0 Å². The minimum atomic E-state index is -0.590. The molecule has 0 saturated carbocycles. The standard InChI is InChI=1S/C26H18OS2/c1-3-11-19(12-4-1)25-21-15-7-9-17-23(21)29-26(27-25,20-13-5-2-6-14-20)22-16-8-10-18-24(22)28-25/h1-18H/t25-,26-/m1/s1. The van der Waals surface area contributed by atoms with Gasteiger partial charge in [-0.2, -0.15) is 0 Å². The molecular weight excluding hydrogens is 392 g/mol. The van der Waals surface area contributed by atoms with Crippen molar-refractivity contribution in [1.82, 2.24) is 0 Å². The molecule has 0 saturated heterocycles. The summed E-state index contributed by atoms with van der Waals surface area (Å²) in [4.78, 5) is 1.36. The van der Waals surface area contributed by atoms with Gasteiger partial charge in [0.05, 0.1) is 0 Å². The fraction of sp³-hybridized carbons (Fsp3) is 0.0769. The topological polar surface area (TPSA) is 9.23 Å². The first-order chi connectivity index (χ1) is 14.3. The Morgan fingerprint density at radius 2 is 0.828 bits per heavy atom. The summed E-state index contributed by atoms with van der Waals surface area (Å²) in [6.45, 7) is 0. The number of rotatable bonds is 2. The molecule has 2 bridgehead atoms. The molecular formula is C26H18OS2. The van der Waals surface area contributed by atoms with Gasteiger partial charge in [0.1, 0.15) is 0 Å². The van der Waals surface area contributed by atoms with Crippen LogP contribution in [0.4, 0.5) is 0 Å². The summed E-state index contributed by atoms with van der Waals surface area (Å²) in [7, 11) is 0. The van der Waals surface area contributed by atoms with Gasteiger partial charge in [0.2, 0.25) is 0 Å². The molecule has 3 heteroatoms. The summed E-state index contributed by atoms with van der Waals surface area (Å²) in [5.74, 6) is 0. The average Bonchev–Trinajstić information content (AvgIpc) is 2.80. The predicted molar refractivity (Wildman–Crippen MR) is 120 cm³/mol. The first kappa shape index (κ1) is 17.4. The molecule has 0 aromatic heterocycles. The van der Waals surface area contributed by atoms with Crippen molar-refractivity contribution in [2.24, 2.45) is 0 Å². The molecule has 4 aromatic carbocycles. The van der Waals surface area contributed by atoms with E-state index in [1.165, 1.54) is 32.0 Å². The SMILES string of the molecule is c1ccc([C@]23O[C@](c4ccccc4)(Sc4ccccc42)c2ccccc2S3)cc1. The van der Waals surface area contributed by atoms with Crippen LogP contribution in [0.15, 0.2) is 119 Å². The Morgan fingerprint density at radius 3 is 1.28 bits per heavy atom. The van der Waals surface area contributed by atoms with Crippen LogP contribution in [0.25, 0.3) is 0 Å². The molecule has 2 aliphatic rings. The van der Waals surface area contributed by atoms with Crippen molar-refractivity contribution >= 4 is 23.5 Å². The number of ether oxygens (including phenoxy) is 1. The lowest BCUT2D eigenvalue weighted by molar-refractivity contribution is -0.0311. The molecule has 2 aliphatic heterocycles. The second-order valence-electron chi connectivity index (χ2n) is 7.26. The fourth-order valence-corrected chi connectivity index (χ4v) is 7.45. The van der Waals surface area contributed by atoms with Gasteiger partial charge in [-0.25, -0.2) is 0 Å². The smallest absolute Gasteiger partial charge is 0.173 e. The van der Waals surface area contributed by atoms with Crippen molar-refractivity contribution in [1.29, 1.82) is 0 Å². The third-order valence-corrected chi connectivity index (χ3v) is 8.39. The van der Waals surface area contributed by atoms with Gasteiger partial charge in [-0.15, -0.1) is 0 Å². The van der Waals surface area contributed by atoms with E-state index in [-0.39, 0.29) is 0 Å². The summed E-state index contributed by atoms with van der Waals surface area (Å²) >= 11 is 3.63. The molecule has 0 fully saturated rings. The van der Waals surface area contributed by atoms with Crippen molar-refractivity contribution in [3.05, 3.63) is 131 Å². The lowest BCUT2D eigenvalue weighted by Gasteiger charge is -2.52. The van der Waals surface area contributed by atoms with Crippen LogP contribution < -0.4 is 0 Å². The summed E-state index contributed by atoms with van der Waals surface area (Å²) in [6, 6.07) is 38.6. The lowest BCUT2D eigenvalue weighted by atomic mass is 9.95. The maximum atomic E-state index is 7.25. The van der Waals surface area contributed by atoms with Gasteiger partial charge in [-0.3, -0.25) is 0 Å². The average molecular weight is 411 g/mol. The van der Waals surface area contributed by atoms with Crippen molar-refractivity contribution in [3.63, 3.8) is 0 Å². The third-order valence-electron chi connectivity index (χ3n) is 5.59. The van der Waals surface area contributed by atoms with Crippen LogP contribution >= 0.6 is 23.5 Å². The van der Waals surface area contributed by atoms with Crippen LogP contribution in [0.5, 0.6) is 0 Å². The van der Waals surface area contributed by atoms with Gasteiger partial charge in [-0.05, 0) is 23.3 Å². The van der Waals surface area contributed by atoms with E-state index in [0.29, 0.717) is 0 Å². The third kappa shape index (κ3) is 2.48. The zero-order valence-corrected chi connectivity index (χ0v) is 17.3. The molecule has 1 nitrogen and oxygen atoms in total. The van der Waals surface area contributed by atoms with Crippen LogP contribution in [0.2, 0.25) is 0 Å². The first-order valence-corrected chi connectivity index (χ1v) is 11.3. The van der Waals surface area contributed by atoms with E-state index in [0.717, 1.165) is 0 Å². The number of hydrogen-bond donors (Lipinski definition) is 0. The van der Waals surface area contributed by atoms with Crippen LogP contribution in [0, 0.1) is 0 Å². The molecule has 0 amide bonds. The number of fused-ring (bicyclic) bond motifs is 6.